The highest BCUT2D eigenvalue weighted by Crippen LogP contribution is 1.97. The maximum absolute atomic E-state index is 7.16. The van der Waals surface area contributed by atoms with Gasteiger partial charge < -0.3 is 10.6 Å². The van der Waals surface area contributed by atoms with Gasteiger partial charge >= 0.3 is 0 Å². The van der Waals surface area contributed by atoms with E-state index in [4.69, 9.17) is 9.85 Å². The molecule has 11 heavy (non-hydrogen) atoms. The molecule has 0 saturated heterocycles. The van der Waals surface area contributed by atoms with E-state index in [-0.39, 0.29) is 5.96 Å². The second kappa shape index (κ2) is 2.77. The molecule has 0 bridgehead atoms. The molecule has 62 valence electrons. The van der Waals surface area contributed by atoms with Crippen LogP contribution in [0.1, 0.15) is 11.0 Å². The lowest BCUT2D eigenvalue weighted by Crippen LogP contribution is -2.47. The molecule has 0 aromatic heterocycles. The Bertz CT molecular complexity index is 280. The van der Waals surface area contributed by atoms with Crippen molar-refractivity contribution in [1.29, 1.82) is 0 Å². The molecule has 0 aliphatic carbocycles. The zero-order valence-electron chi connectivity index (χ0n) is 9.50. The molecule has 1 aliphatic heterocycles. The van der Waals surface area contributed by atoms with Crippen LogP contribution in [0.3, 0.4) is 0 Å². The normalized spacial score (nSPS) is 28.5. The Morgan fingerprint density at radius 2 is 2.36 bits per heavy atom. The molecular weight excluding hydrogens is 142 g/mol. The summed E-state index contributed by atoms with van der Waals surface area (Å²) in [5, 5.41) is 2.67. The number of nitrogens with one attached hydrogen (secondary N) is 1. The first-order valence-electron chi connectivity index (χ1n) is 4.66. The molecule has 1 unspecified atom stereocenters. The van der Waals surface area contributed by atoms with Gasteiger partial charge in [-0.3, -0.25) is 5.32 Å². The number of hydrogen-bond donors (Lipinski definition) is 2. The molecule has 1 heterocycles. The van der Waals surface area contributed by atoms with Gasteiger partial charge in [-0.05, 0) is 6.85 Å². The van der Waals surface area contributed by atoms with Crippen LogP contribution < -0.4 is 11.1 Å². The summed E-state index contributed by atoms with van der Waals surface area (Å²) in [6, 6.07) is 0. The number of rotatable bonds is 0. The second-order valence-corrected chi connectivity index (χ2v) is 2.36. The lowest BCUT2D eigenvalue weighted by atomic mass is 10.5. The molecule has 1 atom stereocenters. The molecule has 0 aromatic rings. The fraction of sp³-hybridized carbons (Fsp3) is 0.667. The van der Waals surface area contributed by atoms with Gasteiger partial charge in [0.15, 0.2) is 5.96 Å². The van der Waals surface area contributed by atoms with Crippen molar-refractivity contribution < 1.29 is 4.11 Å². The van der Waals surface area contributed by atoms with Gasteiger partial charge in [-0.1, -0.05) is 0 Å². The molecule has 0 spiro atoms. The fourth-order valence-electron chi connectivity index (χ4n) is 0.683. The third-order valence-electron chi connectivity index (χ3n) is 1.17. The lowest BCUT2D eigenvalue weighted by molar-refractivity contribution is 0.581. The SMILES string of the molecule is [2H]C([2H])([2H])C1N=C(N)NC(N(C)C)=N1. The predicted molar refractivity (Wildman–Crippen MR) is 45.3 cm³/mol. The van der Waals surface area contributed by atoms with Crippen LogP contribution in [0.2, 0.25) is 0 Å². The van der Waals surface area contributed by atoms with Crippen LogP contribution in [-0.2, 0) is 0 Å². The summed E-state index contributed by atoms with van der Waals surface area (Å²) in [5.74, 6) is 0.475. The van der Waals surface area contributed by atoms with Crippen molar-refractivity contribution in [2.24, 2.45) is 15.7 Å². The Morgan fingerprint density at radius 1 is 1.64 bits per heavy atom. The molecule has 1 aliphatic rings. The van der Waals surface area contributed by atoms with E-state index in [1.54, 1.807) is 19.0 Å². The number of guanidine groups is 2. The molecule has 3 N–H and O–H groups in total. The standard InChI is InChI=1S/C6H13N5/c1-4-8-5(7)10-6(9-4)11(2)3/h4H,1-3H3,(H3,7,8,9,10)/i1D3. The highest BCUT2D eigenvalue weighted by Gasteiger charge is 2.11. The third kappa shape index (κ3) is 1.83. The summed E-state index contributed by atoms with van der Waals surface area (Å²) in [5.41, 5.74) is 5.43. The average molecular weight is 158 g/mol. The van der Waals surface area contributed by atoms with Gasteiger partial charge in [0.1, 0.15) is 6.17 Å². The largest absolute Gasteiger partial charge is 0.370 e. The summed E-state index contributed by atoms with van der Waals surface area (Å²) in [6.45, 7) is -2.26. The minimum absolute atomic E-state index is 0.0739. The second-order valence-electron chi connectivity index (χ2n) is 2.36. The Morgan fingerprint density at radius 3 is 2.91 bits per heavy atom. The van der Waals surface area contributed by atoms with Gasteiger partial charge in [0.05, 0.1) is 0 Å². The maximum atomic E-state index is 7.16. The lowest BCUT2D eigenvalue weighted by Gasteiger charge is -2.21. The molecular formula is C6H13N5. The van der Waals surface area contributed by atoms with Gasteiger partial charge in [0.2, 0.25) is 5.96 Å². The van der Waals surface area contributed by atoms with Gasteiger partial charge in [0, 0.05) is 18.2 Å². The number of nitrogens with zero attached hydrogens (tertiary/aromatic N) is 3. The van der Waals surface area contributed by atoms with Gasteiger partial charge in [-0.2, -0.15) is 0 Å². The minimum atomic E-state index is -2.26. The van der Waals surface area contributed by atoms with E-state index in [1.807, 2.05) is 0 Å². The van der Waals surface area contributed by atoms with Crippen LogP contribution in [0, 0.1) is 0 Å². The summed E-state index contributed by atoms with van der Waals surface area (Å²) < 4.78 is 21.5. The topological polar surface area (TPSA) is 66.0 Å². The number of aliphatic imine (C=N–C) groups is 2. The Balaban J connectivity index is 2.91. The van der Waals surface area contributed by atoms with E-state index in [1.165, 1.54) is 0 Å². The van der Waals surface area contributed by atoms with Gasteiger partial charge in [-0.15, -0.1) is 0 Å². The Kier molecular flexibility index (Phi) is 1.16. The summed E-state index contributed by atoms with van der Waals surface area (Å²) >= 11 is 0. The van der Waals surface area contributed by atoms with Crippen LogP contribution in [0.5, 0.6) is 0 Å². The fourth-order valence-corrected chi connectivity index (χ4v) is 0.683. The smallest absolute Gasteiger partial charge is 0.202 e. The minimum Gasteiger partial charge on any atom is -0.370 e. The highest BCUT2D eigenvalue weighted by molar-refractivity contribution is 5.99. The first-order valence-corrected chi connectivity index (χ1v) is 3.16. The van der Waals surface area contributed by atoms with Crippen molar-refractivity contribution in [3.05, 3.63) is 0 Å². The van der Waals surface area contributed by atoms with E-state index in [2.05, 4.69) is 15.3 Å². The zero-order valence-corrected chi connectivity index (χ0v) is 6.50. The molecule has 1 rings (SSSR count). The van der Waals surface area contributed by atoms with Crippen molar-refractivity contribution in [1.82, 2.24) is 10.2 Å². The molecule has 0 saturated carbocycles. The zero-order chi connectivity index (χ0) is 10.9. The molecule has 5 nitrogen and oxygen atoms in total. The van der Waals surface area contributed by atoms with Crippen LogP contribution in [0.4, 0.5) is 0 Å². The van der Waals surface area contributed by atoms with Crippen molar-refractivity contribution in [3.8, 4) is 0 Å². The van der Waals surface area contributed by atoms with Crippen LogP contribution in [0.15, 0.2) is 9.98 Å². The summed E-state index contributed by atoms with van der Waals surface area (Å²) in [7, 11) is 3.47. The van der Waals surface area contributed by atoms with Crippen LogP contribution in [0.25, 0.3) is 0 Å². The monoisotopic (exact) mass is 158 g/mol. The summed E-state index contributed by atoms with van der Waals surface area (Å²) in [6.07, 6.45) is -1.11. The van der Waals surface area contributed by atoms with E-state index in [0.29, 0.717) is 5.96 Å². The van der Waals surface area contributed by atoms with E-state index in [9.17, 15) is 0 Å². The first kappa shape index (κ1) is 4.58. The molecule has 0 fully saturated rings. The number of hydrogen-bond acceptors (Lipinski definition) is 5. The highest BCUT2D eigenvalue weighted by atomic mass is 15.4. The molecule has 5 heteroatoms. The Hall–Kier alpha value is -1.26. The van der Waals surface area contributed by atoms with Crippen molar-refractivity contribution in [2.75, 3.05) is 14.1 Å². The predicted octanol–water partition coefficient (Wildman–Crippen LogP) is -0.832. The average Bonchev–Trinajstić information content (AvgIpc) is 2.01. The molecule has 0 amide bonds. The van der Waals surface area contributed by atoms with Crippen molar-refractivity contribution >= 4 is 11.9 Å². The third-order valence-corrected chi connectivity index (χ3v) is 1.17. The van der Waals surface area contributed by atoms with Gasteiger partial charge in [0.25, 0.3) is 0 Å². The Labute approximate surface area is 70.2 Å². The van der Waals surface area contributed by atoms with Gasteiger partial charge in [-0.25, -0.2) is 9.98 Å². The van der Waals surface area contributed by atoms with E-state index >= 15 is 0 Å². The molecule has 0 radical (unpaired) electrons. The number of nitrogens with two attached hydrogens (primary N) is 1. The summed E-state index contributed by atoms with van der Waals surface area (Å²) in [4.78, 5) is 9.24. The quantitative estimate of drug-likeness (QED) is 0.483. The van der Waals surface area contributed by atoms with E-state index in [0.717, 1.165) is 0 Å². The van der Waals surface area contributed by atoms with Crippen LogP contribution in [-0.4, -0.2) is 37.1 Å². The maximum Gasteiger partial charge on any atom is 0.202 e. The van der Waals surface area contributed by atoms with Crippen molar-refractivity contribution in [3.63, 3.8) is 0 Å². The first-order chi connectivity index (χ1) is 6.30. The van der Waals surface area contributed by atoms with Crippen LogP contribution >= 0.6 is 0 Å². The molecule has 0 aromatic carbocycles. The van der Waals surface area contributed by atoms with E-state index < -0.39 is 13.0 Å². The van der Waals surface area contributed by atoms with Crippen molar-refractivity contribution in [2.45, 2.75) is 13.0 Å².